The normalized spacial score (nSPS) is 16.9. The second-order valence-corrected chi connectivity index (χ2v) is 4.28. The third-order valence-corrected chi connectivity index (χ3v) is 3.04. The van der Waals surface area contributed by atoms with Crippen molar-refractivity contribution in [2.24, 2.45) is 13.0 Å². The Bertz CT molecular complexity index is 276. The zero-order chi connectivity index (χ0) is 9.80. The highest BCUT2D eigenvalue weighted by atomic mass is 15.2. The van der Waals surface area contributed by atoms with Gasteiger partial charge in [0, 0.05) is 25.4 Å². The highest BCUT2D eigenvalue weighted by Gasteiger charge is 2.15. The number of hydrogen-bond acceptors (Lipinski definition) is 2. The lowest BCUT2D eigenvalue weighted by atomic mass is 9.83. The first-order valence-electron chi connectivity index (χ1n) is 5.53. The average molecular weight is 193 g/mol. The first-order valence-corrected chi connectivity index (χ1v) is 5.53. The van der Waals surface area contributed by atoms with Crippen LogP contribution in [0.1, 0.15) is 31.2 Å². The van der Waals surface area contributed by atoms with Gasteiger partial charge in [-0.2, -0.15) is 5.10 Å². The van der Waals surface area contributed by atoms with E-state index in [1.165, 1.54) is 31.2 Å². The summed E-state index contributed by atoms with van der Waals surface area (Å²) in [5.41, 5.74) is 1.28. The Labute approximate surface area is 85.5 Å². The maximum Gasteiger partial charge on any atom is 0.0534 e. The van der Waals surface area contributed by atoms with Crippen molar-refractivity contribution in [2.75, 3.05) is 6.54 Å². The van der Waals surface area contributed by atoms with Crippen LogP contribution < -0.4 is 5.32 Å². The quantitative estimate of drug-likeness (QED) is 0.721. The van der Waals surface area contributed by atoms with Gasteiger partial charge in [0.2, 0.25) is 0 Å². The summed E-state index contributed by atoms with van der Waals surface area (Å²) in [7, 11) is 1.96. The number of hydrogen-bond donors (Lipinski definition) is 1. The third kappa shape index (κ3) is 2.58. The molecule has 0 saturated heterocycles. The summed E-state index contributed by atoms with van der Waals surface area (Å²) >= 11 is 0. The zero-order valence-corrected chi connectivity index (χ0v) is 8.87. The molecule has 14 heavy (non-hydrogen) atoms. The maximum atomic E-state index is 4.13. The number of aromatic nitrogens is 2. The fraction of sp³-hybridized carbons (Fsp3) is 0.727. The molecule has 0 aromatic carbocycles. The van der Waals surface area contributed by atoms with Crippen LogP contribution in [0.15, 0.2) is 12.4 Å². The highest BCUT2D eigenvalue weighted by molar-refractivity contribution is 5.02. The molecule has 0 aliphatic heterocycles. The van der Waals surface area contributed by atoms with E-state index in [1.54, 1.807) is 0 Å². The summed E-state index contributed by atoms with van der Waals surface area (Å²) in [6.07, 6.45) is 9.70. The molecule has 0 radical (unpaired) electrons. The Hall–Kier alpha value is -0.830. The first-order chi connectivity index (χ1) is 6.84. The van der Waals surface area contributed by atoms with Gasteiger partial charge in [-0.15, -0.1) is 0 Å². The molecule has 1 heterocycles. The Morgan fingerprint density at radius 2 is 2.43 bits per heavy atom. The largest absolute Gasteiger partial charge is 0.313 e. The number of nitrogens with one attached hydrogen (secondary N) is 1. The molecule has 1 saturated carbocycles. The van der Waals surface area contributed by atoms with E-state index in [0.29, 0.717) is 0 Å². The van der Waals surface area contributed by atoms with Crippen LogP contribution >= 0.6 is 0 Å². The van der Waals surface area contributed by atoms with Crippen LogP contribution in [0, 0.1) is 5.92 Å². The van der Waals surface area contributed by atoms with Crippen molar-refractivity contribution in [3.8, 4) is 0 Å². The standard InChI is InChI=1S/C11H19N3/c1-14-9-11(8-13-14)7-12-6-5-10-3-2-4-10/h8-10,12H,2-7H2,1H3. The Balaban J connectivity index is 1.58. The van der Waals surface area contributed by atoms with E-state index < -0.39 is 0 Å². The molecule has 0 spiro atoms. The molecule has 2 rings (SSSR count). The first kappa shape index (κ1) is 9.71. The third-order valence-electron chi connectivity index (χ3n) is 3.04. The summed E-state index contributed by atoms with van der Waals surface area (Å²) < 4.78 is 1.85. The van der Waals surface area contributed by atoms with Gasteiger partial charge in [0.15, 0.2) is 0 Å². The molecule has 0 bridgehead atoms. The van der Waals surface area contributed by atoms with Crippen molar-refractivity contribution in [2.45, 2.75) is 32.2 Å². The second kappa shape index (κ2) is 4.60. The van der Waals surface area contributed by atoms with E-state index in [2.05, 4.69) is 16.6 Å². The molecule has 1 aromatic rings. The van der Waals surface area contributed by atoms with Crippen molar-refractivity contribution < 1.29 is 0 Å². The lowest BCUT2D eigenvalue weighted by molar-refractivity contribution is 0.292. The number of aryl methyl sites for hydroxylation is 1. The smallest absolute Gasteiger partial charge is 0.0534 e. The SMILES string of the molecule is Cn1cc(CNCCC2CCC2)cn1. The van der Waals surface area contributed by atoms with Crippen molar-refractivity contribution in [3.05, 3.63) is 18.0 Å². The van der Waals surface area contributed by atoms with Gasteiger partial charge in [0.05, 0.1) is 6.20 Å². The van der Waals surface area contributed by atoms with Gasteiger partial charge in [0.1, 0.15) is 0 Å². The monoisotopic (exact) mass is 193 g/mol. The fourth-order valence-corrected chi connectivity index (χ4v) is 1.88. The van der Waals surface area contributed by atoms with Crippen molar-refractivity contribution >= 4 is 0 Å². The van der Waals surface area contributed by atoms with E-state index in [4.69, 9.17) is 0 Å². The van der Waals surface area contributed by atoms with E-state index >= 15 is 0 Å². The summed E-state index contributed by atoms with van der Waals surface area (Å²) in [4.78, 5) is 0. The van der Waals surface area contributed by atoms with Crippen LogP contribution in [0.5, 0.6) is 0 Å². The fourth-order valence-electron chi connectivity index (χ4n) is 1.88. The van der Waals surface area contributed by atoms with Gasteiger partial charge in [-0.1, -0.05) is 19.3 Å². The van der Waals surface area contributed by atoms with Gasteiger partial charge in [-0.25, -0.2) is 0 Å². The maximum absolute atomic E-state index is 4.13. The van der Waals surface area contributed by atoms with Crippen LogP contribution in [-0.4, -0.2) is 16.3 Å². The van der Waals surface area contributed by atoms with Crippen molar-refractivity contribution in [1.82, 2.24) is 15.1 Å². The van der Waals surface area contributed by atoms with Gasteiger partial charge in [0.25, 0.3) is 0 Å². The molecule has 0 unspecified atom stereocenters. The minimum atomic E-state index is 0.959. The Morgan fingerprint density at radius 1 is 1.57 bits per heavy atom. The van der Waals surface area contributed by atoms with Crippen LogP contribution in [0.3, 0.4) is 0 Å². The molecular weight excluding hydrogens is 174 g/mol. The molecule has 1 N–H and O–H groups in total. The predicted molar refractivity (Wildman–Crippen MR) is 56.9 cm³/mol. The summed E-state index contributed by atoms with van der Waals surface area (Å²) in [5, 5.41) is 7.60. The highest BCUT2D eigenvalue weighted by Crippen LogP contribution is 2.28. The van der Waals surface area contributed by atoms with Crippen molar-refractivity contribution in [3.63, 3.8) is 0 Å². The van der Waals surface area contributed by atoms with Crippen LogP contribution in [0.2, 0.25) is 0 Å². The Morgan fingerprint density at radius 3 is 3.00 bits per heavy atom. The summed E-state index contributed by atoms with van der Waals surface area (Å²) in [6.45, 7) is 2.11. The van der Waals surface area contributed by atoms with Gasteiger partial charge >= 0.3 is 0 Å². The number of rotatable bonds is 5. The van der Waals surface area contributed by atoms with Gasteiger partial charge in [-0.3, -0.25) is 4.68 Å². The lowest BCUT2D eigenvalue weighted by Gasteiger charge is -2.25. The predicted octanol–water partition coefficient (Wildman–Crippen LogP) is 1.70. The molecule has 0 atom stereocenters. The molecule has 1 aromatic heterocycles. The zero-order valence-electron chi connectivity index (χ0n) is 8.87. The summed E-state index contributed by atoms with van der Waals surface area (Å²) in [5.74, 6) is 1.01. The van der Waals surface area contributed by atoms with E-state index in [0.717, 1.165) is 19.0 Å². The molecule has 0 amide bonds. The molecule has 3 heteroatoms. The van der Waals surface area contributed by atoms with Crippen molar-refractivity contribution in [1.29, 1.82) is 0 Å². The molecule has 3 nitrogen and oxygen atoms in total. The van der Waals surface area contributed by atoms with Gasteiger partial charge in [-0.05, 0) is 18.9 Å². The lowest BCUT2D eigenvalue weighted by Crippen LogP contribution is -2.20. The molecule has 78 valence electrons. The molecule has 1 fully saturated rings. The van der Waals surface area contributed by atoms with E-state index in [-0.39, 0.29) is 0 Å². The van der Waals surface area contributed by atoms with Crippen LogP contribution in [0.25, 0.3) is 0 Å². The minimum Gasteiger partial charge on any atom is -0.313 e. The van der Waals surface area contributed by atoms with Crippen LogP contribution in [0.4, 0.5) is 0 Å². The molecular formula is C11H19N3. The topological polar surface area (TPSA) is 29.9 Å². The minimum absolute atomic E-state index is 0.959. The van der Waals surface area contributed by atoms with Crippen LogP contribution in [-0.2, 0) is 13.6 Å². The second-order valence-electron chi connectivity index (χ2n) is 4.28. The summed E-state index contributed by atoms with van der Waals surface area (Å²) in [6, 6.07) is 0. The van der Waals surface area contributed by atoms with E-state index in [1.807, 2.05) is 17.9 Å². The molecule has 1 aliphatic carbocycles. The average Bonchev–Trinajstić information content (AvgIpc) is 2.48. The molecule has 1 aliphatic rings. The number of nitrogens with zero attached hydrogens (tertiary/aromatic N) is 2. The van der Waals surface area contributed by atoms with E-state index in [9.17, 15) is 0 Å². The van der Waals surface area contributed by atoms with Gasteiger partial charge < -0.3 is 5.32 Å². The Kier molecular flexibility index (Phi) is 3.19.